The Bertz CT molecular complexity index is 991. The van der Waals surface area contributed by atoms with Crippen LogP contribution in [0.5, 0.6) is 17.2 Å². The van der Waals surface area contributed by atoms with E-state index in [4.69, 9.17) is 14.2 Å². The summed E-state index contributed by atoms with van der Waals surface area (Å²) in [5.41, 5.74) is 1.22. The average Bonchev–Trinajstić information content (AvgIpc) is 2.72. The Labute approximate surface area is 176 Å². The molecule has 1 amide bonds. The van der Waals surface area contributed by atoms with E-state index in [1.54, 1.807) is 25.1 Å². The molecular formula is C21H26N2O6S. The monoisotopic (exact) mass is 434 g/mol. The van der Waals surface area contributed by atoms with E-state index in [1.165, 1.54) is 0 Å². The summed E-state index contributed by atoms with van der Waals surface area (Å²) in [6.45, 7) is 5.12. The lowest BCUT2D eigenvalue weighted by Crippen LogP contribution is -2.47. The van der Waals surface area contributed by atoms with E-state index in [9.17, 15) is 13.2 Å². The summed E-state index contributed by atoms with van der Waals surface area (Å²) in [5.74, 6) is 1.34. The largest absolute Gasteiger partial charge is 0.494 e. The zero-order valence-electron chi connectivity index (χ0n) is 17.3. The highest BCUT2D eigenvalue weighted by Crippen LogP contribution is 2.35. The van der Waals surface area contributed by atoms with Crippen LogP contribution in [-0.2, 0) is 21.4 Å². The van der Waals surface area contributed by atoms with Gasteiger partial charge in [-0.2, -0.15) is 0 Å². The van der Waals surface area contributed by atoms with Gasteiger partial charge < -0.3 is 19.5 Å². The zero-order valence-corrected chi connectivity index (χ0v) is 18.1. The molecule has 0 aliphatic carbocycles. The summed E-state index contributed by atoms with van der Waals surface area (Å²) in [6.07, 6.45) is 1.07. The second kappa shape index (κ2) is 9.25. The van der Waals surface area contributed by atoms with Crippen molar-refractivity contribution in [2.45, 2.75) is 26.4 Å². The molecule has 0 bridgehead atoms. The van der Waals surface area contributed by atoms with Gasteiger partial charge in [0, 0.05) is 12.6 Å². The van der Waals surface area contributed by atoms with Gasteiger partial charge in [-0.15, -0.1) is 0 Å². The van der Waals surface area contributed by atoms with Crippen LogP contribution in [0, 0.1) is 0 Å². The fraction of sp³-hybridized carbons (Fsp3) is 0.381. The highest BCUT2D eigenvalue weighted by molar-refractivity contribution is 7.92. The van der Waals surface area contributed by atoms with E-state index >= 15 is 0 Å². The highest BCUT2D eigenvalue weighted by Gasteiger charge is 2.30. The molecule has 0 saturated carbocycles. The molecule has 0 saturated heterocycles. The fourth-order valence-corrected chi connectivity index (χ4v) is 4.35. The smallest absolute Gasteiger partial charge is 0.243 e. The molecule has 1 N–H and O–H groups in total. The number of hydrogen-bond acceptors (Lipinski definition) is 6. The van der Waals surface area contributed by atoms with Gasteiger partial charge >= 0.3 is 0 Å². The summed E-state index contributed by atoms with van der Waals surface area (Å²) in [7, 11) is -3.72. The normalized spacial score (nSPS) is 14.0. The molecule has 0 aromatic heterocycles. The second-order valence-electron chi connectivity index (χ2n) is 6.86. The lowest BCUT2D eigenvalue weighted by atomic mass is 10.2. The standard InChI is InChI=1S/C21H26N2O6S/c1-4-27-18-8-5-16(6-9-18)14-22-21(24)15(2)23(30(3,25)26)17-7-10-19-20(13-17)29-12-11-28-19/h5-10,13,15H,4,11-12,14H2,1-3H3,(H,22,24)/t15-/m1/s1. The molecule has 1 heterocycles. The van der Waals surface area contributed by atoms with Crippen molar-refractivity contribution >= 4 is 21.6 Å². The third-order valence-electron chi connectivity index (χ3n) is 4.57. The quantitative estimate of drug-likeness (QED) is 0.685. The summed E-state index contributed by atoms with van der Waals surface area (Å²) in [4.78, 5) is 12.7. The van der Waals surface area contributed by atoms with Gasteiger partial charge in [0.1, 0.15) is 25.0 Å². The molecule has 162 valence electrons. The molecular weight excluding hydrogens is 408 g/mol. The number of nitrogens with one attached hydrogen (secondary N) is 1. The van der Waals surface area contributed by atoms with Crippen molar-refractivity contribution in [3.8, 4) is 17.2 Å². The maximum Gasteiger partial charge on any atom is 0.243 e. The Hall–Kier alpha value is -2.94. The van der Waals surface area contributed by atoms with Gasteiger partial charge in [0.2, 0.25) is 15.9 Å². The van der Waals surface area contributed by atoms with E-state index in [0.717, 1.165) is 21.9 Å². The molecule has 0 radical (unpaired) electrons. The van der Waals surface area contributed by atoms with Crippen LogP contribution in [-0.4, -0.2) is 46.4 Å². The number of ether oxygens (including phenoxy) is 3. The van der Waals surface area contributed by atoms with E-state index in [2.05, 4.69) is 5.32 Å². The number of hydrogen-bond donors (Lipinski definition) is 1. The fourth-order valence-electron chi connectivity index (χ4n) is 3.18. The number of nitrogens with zero attached hydrogens (tertiary/aromatic N) is 1. The number of carbonyl (C=O) groups is 1. The van der Waals surface area contributed by atoms with E-state index in [1.807, 2.05) is 31.2 Å². The van der Waals surface area contributed by atoms with Crippen molar-refractivity contribution < 1.29 is 27.4 Å². The maximum absolute atomic E-state index is 12.7. The second-order valence-corrected chi connectivity index (χ2v) is 8.72. The molecule has 2 aromatic carbocycles. The molecule has 0 fully saturated rings. The molecule has 3 rings (SSSR count). The van der Waals surface area contributed by atoms with Gasteiger partial charge in [-0.1, -0.05) is 12.1 Å². The zero-order chi connectivity index (χ0) is 21.7. The van der Waals surface area contributed by atoms with Gasteiger partial charge in [0.15, 0.2) is 11.5 Å². The minimum absolute atomic E-state index is 0.272. The molecule has 8 nitrogen and oxygen atoms in total. The Balaban J connectivity index is 1.73. The predicted molar refractivity (Wildman–Crippen MR) is 114 cm³/mol. The van der Waals surface area contributed by atoms with Crippen molar-refractivity contribution in [1.82, 2.24) is 5.32 Å². The van der Waals surface area contributed by atoms with Crippen LogP contribution < -0.4 is 23.8 Å². The third-order valence-corrected chi connectivity index (χ3v) is 5.81. The van der Waals surface area contributed by atoms with Gasteiger partial charge in [-0.25, -0.2) is 8.42 Å². The average molecular weight is 435 g/mol. The highest BCUT2D eigenvalue weighted by atomic mass is 32.2. The molecule has 1 aliphatic rings. The molecule has 1 atom stereocenters. The molecule has 1 aliphatic heterocycles. The Morgan fingerprint density at radius 3 is 2.43 bits per heavy atom. The molecule has 0 spiro atoms. The third kappa shape index (κ3) is 5.15. The van der Waals surface area contributed by atoms with Crippen LogP contribution in [0.1, 0.15) is 19.4 Å². The first-order valence-electron chi connectivity index (χ1n) is 9.68. The van der Waals surface area contributed by atoms with Crippen LogP contribution >= 0.6 is 0 Å². The number of sulfonamides is 1. The molecule has 30 heavy (non-hydrogen) atoms. The van der Waals surface area contributed by atoms with Crippen LogP contribution in [0.2, 0.25) is 0 Å². The number of rotatable bonds is 8. The van der Waals surface area contributed by atoms with Crippen molar-refractivity contribution in [3.63, 3.8) is 0 Å². The molecule has 9 heteroatoms. The number of carbonyl (C=O) groups excluding carboxylic acids is 1. The summed E-state index contributed by atoms with van der Waals surface area (Å²) >= 11 is 0. The van der Waals surface area contributed by atoms with Gasteiger partial charge in [0.25, 0.3) is 0 Å². The topological polar surface area (TPSA) is 94.2 Å². The van der Waals surface area contributed by atoms with Crippen LogP contribution in [0.25, 0.3) is 0 Å². The van der Waals surface area contributed by atoms with Gasteiger partial charge in [0.05, 0.1) is 18.6 Å². The van der Waals surface area contributed by atoms with Crippen LogP contribution in [0.3, 0.4) is 0 Å². The van der Waals surface area contributed by atoms with E-state index < -0.39 is 22.0 Å². The Morgan fingerprint density at radius 2 is 1.80 bits per heavy atom. The minimum atomic E-state index is -3.72. The van der Waals surface area contributed by atoms with Crippen LogP contribution in [0.4, 0.5) is 5.69 Å². The number of fused-ring (bicyclic) bond motifs is 1. The van der Waals surface area contributed by atoms with Gasteiger partial charge in [-0.05, 0) is 43.7 Å². The van der Waals surface area contributed by atoms with E-state index in [0.29, 0.717) is 37.0 Å². The van der Waals surface area contributed by atoms with E-state index in [-0.39, 0.29) is 6.54 Å². The molecule has 2 aromatic rings. The first kappa shape index (κ1) is 21.8. The van der Waals surface area contributed by atoms with Gasteiger partial charge in [-0.3, -0.25) is 9.10 Å². The Kier molecular flexibility index (Phi) is 6.71. The molecule has 0 unspecified atom stereocenters. The van der Waals surface area contributed by atoms with Crippen molar-refractivity contribution in [2.75, 3.05) is 30.4 Å². The lowest BCUT2D eigenvalue weighted by molar-refractivity contribution is -0.122. The van der Waals surface area contributed by atoms with Crippen molar-refractivity contribution in [2.24, 2.45) is 0 Å². The summed E-state index contributed by atoms with van der Waals surface area (Å²) in [5, 5.41) is 2.79. The lowest BCUT2D eigenvalue weighted by Gasteiger charge is -2.29. The summed E-state index contributed by atoms with van der Waals surface area (Å²) in [6, 6.07) is 11.2. The summed E-state index contributed by atoms with van der Waals surface area (Å²) < 4.78 is 42.5. The van der Waals surface area contributed by atoms with Crippen molar-refractivity contribution in [3.05, 3.63) is 48.0 Å². The predicted octanol–water partition coefficient (Wildman–Crippen LogP) is 2.33. The van der Waals surface area contributed by atoms with Crippen LogP contribution in [0.15, 0.2) is 42.5 Å². The minimum Gasteiger partial charge on any atom is -0.494 e. The first-order chi connectivity index (χ1) is 14.3. The number of benzene rings is 2. The SMILES string of the molecule is CCOc1ccc(CNC(=O)[C@@H](C)N(c2ccc3c(c2)OCCO3)S(C)(=O)=O)cc1. The first-order valence-corrected chi connectivity index (χ1v) is 11.5. The number of anilines is 1. The number of amides is 1. The van der Waals surface area contributed by atoms with Crippen molar-refractivity contribution in [1.29, 1.82) is 0 Å². The Morgan fingerprint density at radius 1 is 1.13 bits per heavy atom. The maximum atomic E-state index is 12.7.